The van der Waals surface area contributed by atoms with Crippen LogP contribution in [0, 0.1) is 0 Å². The van der Waals surface area contributed by atoms with Crippen molar-refractivity contribution in [1.29, 1.82) is 0 Å². The molecule has 16 heteroatoms. The number of benzene rings is 1. The SMILES string of the molecule is CC(C)(C)c1cccc([O-])c1.O=S(=O)([O-])C(F)(F)F.O=S(=O)([O-])C(F)(F)F.[Al+3]. The molecule has 160 valence electrons. The number of hydrogen-bond acceptors (Lipinski definition) is 7. The van der Waals surface area contributed by atoms with Crippen molar-refractivity contribution in [2.24, 2.45) is 0 Å². The van der Waals surface area contributed by atoms with Gasteiger partial charge in [-0.25, -0.2) is 16.8 Å². The van der Waals surface area contributed by atoms with E-state index >= 15 is 0 Å². The second-order valence-corrected chi connectivity index (χ2v) is 8.32. The second-order valence-electron chi connectivity index (χ2n) is 5.58. The van der Waals surface area contributed by atoms with Crippen molar-refractivity contribution in [3.8, 4) is 5.75 Å². The molecule has 0 aliphatic carbocycles. The van der Waals surface area contributed by atoms with Crippen LogP contribution in [0.2, 0.25) is 0 Å². The number of rotatable bonds is 0. The van der Waals surface area contributed by atoms with Crippen LogP contribution in [0.5, 0.6) is 5.75 Å². The third-order valence-electron chi connectivity index (χ3n) is 2.27. The average Bonchev–Trinajstić information content (AvgIpc) is 2.34. The van der Waals surface area contributed by atoms with Gasteiger partial charge in [-0.3, -0.25) is 0 Å². The van der Waals surface area contributed by atoms with Gasteiger partial charge in [-0.05, 0) is 11.0 Å². The van der Waals surface area contributed by atoms with E-state index in [9.17, 15) is 31.4 Å². The molecule has 0 saturated heterocycles. The van der Waals surface area contributed by atoms with Gasteiger partial charge < -0.3 is 14.2 Å². The molecule has 28 heavy (non-hydrogen) atoms. The normalized spacial score (nSPS) is 12.5. The molecule has 1 rings (SSSR count). The molecule has 0 fully saturated rings. The smallest absolute Gasteiger partial charge is 0.872 e. The average molecular weight is 474 g/mol. The Morgan fingerprint density at radius 3 is 1.21 bits per heavy atom. The molecule has 0 atom stereocenters. The first-order valence-corrected chi connectivity index (χ1v) is 9.13. The number of halogens is 6. The van der Waals surface area contributed by atoms with Gasteiger partial charge in [0, 0.05) is 0 Å². The van der Waals surface area contributed by atoms with Crippen LogP contribution in [0.3, 0.4) is 0 Å². The van der Waals surface area contributed by atoms with Gasteiger partial charge in [0.2, 0.25) is 0 Å². The minimum Gasteiger partial charge on any atom is -0.872 e. The predicted molar refractivity (Wildman–Crippen MR) is 81.8 cm³/mol. The summed E-state index contributed by atoms with van der Waals surface area (Å²) in [6.45, 7) is 6.30. The van der Waals surface area contributed by atoms with Crippen molar-refractivity contribution in [1.82, 2.24) is 0 Å². The van der Waals surface area contributed by atoms with E-state index in [1.165, 1.54) is 0 Å². The largest absolute Gasteiger partial charge is 3.00 e. The van der Waals surface area contributed by atoms with E-state index in [-0.39, 0.29) is 28.5 Å². The minimum absolute atomic E-state index is 0. The second kappa shape index (κ2) is 10.6. The Morgan fingerprint density at radius 2 is 1.07 bits per heavy atom. The Bertz CT molecular complexity index is 770. The first kappa shape index (κ1) is 31.6. The maximum Gasteiger partial charge on any atom is 3.00 e. The van der Waals surface area contributed by atoms with Gasteiger partial charge in [0.05, 0.1) is 0 Å². The molecule has 0 aliphatic rings. The number of alkyl halides is 6. The van der Waals surface area contributed by atoms with Crippen LogP contribution < -0.4 is 5.11 Å². The summed E-state index contributed by atoms with van der Waals surface area (Å²) in [4.78, 5) is 0. The zero-order valence-electron chi connectivity index (χ0n) is 14.3. The molecule has 0 unspecified atom stereocenters. The van der Waals surface area contributed by atoms with Crippen molar-refractivity contribution in [2.45, 2.75) is 37.2 Å². The minimum atomic E-state index is -6.09. The van der Waals surface area contributed by atoms with Gasteiger partial charge in [-0.2, -0.15) is 26.3 Å². The molecule has 0 spiro atoms. The molecule has 0 N–H and O–H groups in total. The molecular weight excluding hydrogens is 461 g/mol. The van der Waals surface area contributed by atoms with Crippen LogP contribution in [0.1, 0.15) is 26.3 Å². The summed E-state index contributed by atoms with van der Waals surface area (Å²) < 4.78 is 118. The molecule has 0 aliphatic heterocycles. The summed E-state index contributed by atoms with van der Waals surface area (Å²) in [7, 11) is -12.2. The standard InChI is InChI=1S/C10H14O.2CHF3O3S.Al/c1-10(2,3)8-5-4-6-9(11)7-8;2*2-1(3,4)8(5,6)7;/h4-7,11H,1-3H3;2*(H,5,6,7);/q;;;+3/p-3. The predicted octanol–water partition coefficient (Wildman–Crippen LogP) is 1.78. The summed E-state index contributed by atoms with van der Waals surface area (Å²) in [6.07, 6.45) is 0. The zero-order valence-corrected chi connectivity index (χ0v) is 17.1. The fourth-order valence-electron chi connectivity index (χ4n) is 0.963. The fraction of sp³-hybridized carbons (Fsp3) is 0.500. The van der Waals surface area contributed by atoms with Crippen molar-refractivity contribution >= 4 is 37.6 Å². The van der Waals surface area contributed by atoms with E-state index in [0.717, 1.165) is 5.56 Å². The molecule has 0 bridgehead atoms. The fourth-order valence-corrected chi connectivity index (χ4v) is 0.963. The van der Waals surface area contributed by atoms with E-state index in [2.05, 4.69) is 20.8 Å². The van der Waals surface area contributed by atoms with Gasteiger partial charge in [-0.15, -0.1) is 5.75 Å². The molecule has 7 nitrogen and oxygen atoms in total. The summed E-state index contributed by atoms with van der Waals surface area (Å²) >= 11 is 0. The Hall–Kier alpha value is -1.05. The molecule has 0 saturated carbocycles. The van der Waals surface area contributed by atoms with Crippen LogP contribution >= 0.6 is 0 Å². The van der Waals surface area contributed by atoms with Crippen molar-refractivity contribution in [3.63, 3.8) is 0 Å². The van der Waals surface area contributed by atoms with E-state index in [0.29, 0.717) is 0 Å². The van der Waals surface area contributed by atoms with Crippen LogP contribution in [0.25, 0.3) is 0 Å². The van der Waals surface area contributed by atoms with E-state index < -0.39 is 31.3 Å². The van der Waals surface area contributed by atoms with Crippen LogP contribution in [-0.2, 0) is 25.7 Å². The third kappa shape index (κ3) is 13.2. The van der Waals surface area contributed by atoms with Gasteiger partial charge in [-0.1, -0.05) is 45.0 Å². The molecular formula is C12H13AlF6O7S2. The van der Waals surface area contributed by atoms with Gasteiger partial charge in [0.25, 0.3) is 0 Å². The van der Waals surface area contributed by atoms with Gasteiger partial charge in [0.15, 0.2) is 20.2 Å². The van der Waals surface area contributed by atoms with Crippen LogP contribution in [0.15, 0.2) is 24.3 Å². The van der Waals surface area contributed by atoms with Crippen molar-refractivity contribution in [3.05, 3.63) is 29.8 Å². The number of hydrogen-bond donors (Lipinski definition) is 0. The first-order valence-electron chi connectivity index (χ1n) is 6.32. The Labute approximate surface area is 168 Å². The molecule has 0 heterocycles. The quantitative estimate of drug-likeness (QED) is 0.242. The topological polar surface area (TPSA) is 137 Å². The van der Waals surface area contributed by atoms with Crippen LogP contribution in [-0.4, -0.2) is 54.3 Å². The zero-order chi connectivity index (χ0) is 22.5. The van der Waals surface area contributed by atoms with Crippen LogP contribution in [0.4, 0.5) is 26.3 Å². The van der Waals surface area contributed by atoms with Crippen molar-refractivity contribution < 1.29 is 57.4 Å². The Morgan fingerprint density at radius 1 is 0.786 bits per heavy atom. The maximum absolute atomic E-state index is 10.9. The summed E-state index contributed by atoms with van der Waals surface area (Å²) in [5.74, 6) is 0.0948. The summed E-state index contributed by atoms with van der Waals surface area (Å²) in [5.41, 5.74) is -10.1. The summed E-state index contributed by atoms with van der Waals surface area (Å²) in [6, 6.07) is 7.07. The monoisotopic (exact) mass is 474 g/mol. The summed E-state index contributed by atoms with van der Waals surface area (Å²) in [5, 5.41) is 10.9. The van der Waals surface area contributed by atoms with Gasteiger partial charge >= 0.3 is 28.4 Å². The first-order chi connectivity index (χ1) is 11.5. The van der Waals surface area contributed by atoms with Crippen molar-refractivity contribution in [2.75, 3.05) is 0 Å². The Kier molecular flexibility index (Phi) is 12.0. The van der Waals surface area contributed by atoms with E-state index in [4.69, 9.17) is 25.9 Å². The molecule has 0 amide bonds. The third-order valence-corrected chi connectivity index (χ3v) is 3.40. The van der Waals surface area contributed by atoms with E-state index in [1.807, 2.05) is 12.1 Å². The maximum atomic E-state index is 10.9. The van der Waals surface area contributed by atoms with E-state index in [1.54, 1.807) is 12.1 Å². The molecule has 1 aromatic carbocycles. The van der Waals surface area contributed by atoms with Gasteiger partial charge in [0.1, 0.15) is 0 Å². The molecule has 0 aromatic heterocycles. The molecule has 0 radical (unpaired) electrons. The Balaban J connectivity index is -0.000000337. The molecule has 1 aromatic rings.